The minimum absolute atomic E-state index is 0.123. The molecule has 130 valence electrons. The lowest BCUT2D eigenvalue weighted by atomic mass is 10.2. The number of carbonyl (C=O) groups excluding carboxylic acids is 1. The fourth-order valence-electron chi connectivity index (χ4n) is 1.84. The van der Waals surface area contributed by atoms with Gasteiger partial charge in [0.05, 0.1) is 21.4 Å². The lowest BCUT2D eigenvalue weighted by Crippen LogP contribution is -2.29. The Bertz CT molecular complexity index is 816. The van der Waals surface area contributed by atoms with Crippen LogP contribution in [0.5, 0.6) is 0 Å². The molecule has 0 bridgehead atoms. The molecular formula is C16H13Cl3N4O2. The Morgan fingerprint density at radius 2 is 1.68 bits per heavy atom. The molecule has 1 amide bonds. The molecule has 2 aromatic rings. The van der Waals surface area contributed by atoms with E-state index in [4.69, 9.17) is 40.0 Å². The van der Waals surface area contributed by atoms with Crippen LogP contribution in [0.3, 0.4) is 0 Å². The Morgan fingerprint density at radius 1 is 1.08 bits per heavy atom. The number of hydrazone groups is 1. The van der Waals surface area contributed by atoms with Crippen molar-refractivity contribution >= 4 is 63.5 Å². The van der Waals surface area contributed by atoms with Gasteiger partial charge in [0.15, 0.2) is 5.71 Å². The van der Waals surface area contributed by atoms with Gasteiger partial charge in [0.25, 0.3) is 5.91 Å². The zero-order chi connectivity index (χ0) is 18.4. The third kappa shape index (κ3) is 5.09. The molecule has 0 aromatic heterocycles. The topological polar surface area (TPSA) is 86.1 Å². The Balaban J connectivity index is 2.15. The summed E-state index contributed by atoms with van der Waals surface area (Å²) in [5.74, 6) is -0.620. The molecule has 0 radical (unpaired) electrons. The van der Waals surface area contributed by atoms with Crippen LogP contribution < -0.4 is 10.7 Å². The van der Waals surface area contributed by atoms with Crippen LogP contribution in [-0.2, 0) is 4.79 Å². The Morgan fingerprint density at radius 3 is 2.24 bits per heavy atom. The summed E-state index contributed by atoms with van der Waals surface area (Å²) in [5, 5.41) is 19.6. The summed E-state index contributed by atoms with van der Waals surface area (Å²) < 4.78 is 0. The van der Waals surface area contributed by atoms with Crippen molar-refractivity contribution in [1.29, 1.82) is 0 Å². The molecule has 0 aliphatic heterocycles. The molecule has 0 unspecified atom stereocenters. The van der Waals surface area contributed by atoms with E-state index in [9.17, 15) is 4.79 Å². The van der Waals surface area contributed by atoms with Crippen LogP contribution in [0.2, 0.25) is 15.1 Å². The summed E-state index contributed by atoms with van der Waals surface area (Å²) in [4.78, 5) is 12.2. The smallest absolute Gasteiger partial charge is 0.279 e. The van der Waals surface area contributed by atoms with E-state index in [1.54, 1.807) is 24.3 Å². The maximum absolute atomic E-state index is 12.2. The van der Waals surface area contributed by atoms with Crippen LogP contribution in [0.4, 0.5) is 11.4 Å². The van der Waals surface area contributed by atoms with Gasteiger partial charge in [-0.3, -0.25) is 10.2 Å². The average molecular weight is 400 g/mol. The van der Waals surface area contributed by atoms with Gasteiger partial charge < -0.3 is 10.5 Å². The highest BCUT2D eigenvalue weighted by Gasteiger charge is 2.17. The number of rotatable bonds is 5. The second-order valence-electron chi connectivity index (χ2n) is 4.82. The molecule has 3 N–H and O–H groups in total. The normalized spacial score (nSPS) is 12.0. The maximum atomic E-state index is 12.2. The van der Waals surface area contributed by atoms with Gasteiger partial charge in [-0.2, -0.15) is 5.10 Å². The van der Waals surface area contributed by atoms with E-state index in [1.165, 1.54) is 19.1 Å². The fourth-order valence-corrected chi connectivity index (χ4v) is 2.74. The largest absolute Gasteiger partial charge is 0.410 e. The second kappa shape index (κ2) is 8.71. The molecule has 0 heterocycles. The molecule has 25 heavy (non-hydrogen) atoms. The summed E-state index contributed by atoms with van der Waals surface area (Å²) in [6, 6.07) is 11.7. The van der Waals surface area contributed by atoms with Gasteiger partial charge in [-0.1, -0.05) is 58.2 Å². The zero-order valence-electron chi connectivity index (χ0n) is 12.9. The summed E-state index contributed by atoms with van der Waals surface area (Å²) in [5.41, 5.74) is 3.36. The Hall–Kier alpha value is -2.28. The number of nitrogens with one attached hydrogen (secondary N) is 2. The monoisotopic (exact) mass is 398 g/mol. The lowest BCUT2D eigenvalue weighted by molar-refractivity contribution is -0.110. The van der Waals surface area contributed by atoms with E-state index in [2.05, 4.69) is 21.0 Å². The quantitative estimate of drug-likeness (QED) is 0.379. The van der Waals surface area contributed by atoms with E-state index in [-0.39, 0.29) is 21.5 Å². The van der Waals surface area contributed by atoms with Crippen LogP contribution in [0.15, 0.2) is 52.7 Å². The molecule has 0 saturated heterocycles. The molecule has 0 aliphatic carbocycles. The highest BCUT2D eigenvalue weighted by molar-refractivity contribution is 6.68. The number of oxime groups is 1. The summed E-state index contributed by atoms with van der Waals surface area (Å²) in [7, 11) is 0. The van der Waals surface area contributed by atoms with Gasteiger partial charge in [0, 0.05) is 10.7 Å². The van der Waals surface area contributed by atoms with Crippen molar-refractivity contribution in [3.63, 3.8) is 0 Å². The first-order valence-corrected chi connectivity index (χ1v) is 8.09. The molecule has 2 aromatic carbocycles. The minimum atomic E-state index is -0.620. The van der Waals surface area contributed by atoms with Crippen molar-refractivity contribution in [2.45, 2.75) is 6.92 Å². The summed E-state index contributed by atoms with van der Waals surface area (Å²) >= 11 is 17.9. The van der Waals surface area contributed by atoms with Crippen molar-refractivity contribution < 1.29 is 10.0 Å². The van der Waals surface area contributed by atoms with Crippen molar-refractivity contribution in [3.05, 3.63) is 57.5 Å². The minimum Gasteiger partial charge on any atom is -0.410 e. The predicted octanol–water partition coefficient (Wildman–Crippen LogP) is 4.90. The van der Waals surface area contributed by atoms with Crippen molar-refractivity contribution in [2.24, 2.45) is 10.3 Å². The molecule has 0 aliphatic rings. The van der Waals surface area contributed by atoms with E-state index in [1.807, 2.05) is 6.07 Å². The standard InChI is InChI=1S/C16H13Cl3N4O2/c1-9(21-22-15-12(18)7-10(17)8-13(15)19)14(23-25)16(24)20-11-5-3-2-4-6-11/h2-8,22,25H,1H3,(H,20,24)/b21-9+,23-14-. The maximum Gasteiger partial charge on any atom is 0.279 e. The van der Waals surface area contributed by atoms with Crippen molar-refractivity contribution in [3.8, 4) is 0 Å². The second-order valence-corrected chi connectivity index (χ2v) is 6.07. The highest BCUT2D eigenvalue weighted by atomic mass is 35.5. The number of halogens is 3. The highest BCUT2D eigenvalue weighted by Crippen LogP contribution is 2.33. The molecule has 9 heteroatoms. The van der Waals surface area contributed by atoms with Crippen molar-refractivity contribution in [2.75, 3.05) is 10.7 Å². The van der Waals surface area contributed by atoms with Gasteiger partial charge in [-0.25, -0.2) is 0 Å². The zero-order valence-corrected chi connectivity index (χ0v) is 15.2. The van der Waals surface area contributed by atoms with Crippen LogP contribution in [0.1, 0.15) is 6.92 Å². The van der Waals surface area contributed by atoms with Gasteiger partial charge in [0.2, 0.25) is 0 Å². The first-order chi connectivity index (χ1) is 11.9. The Labute approximate surface area is 159 Å². The molecule has 6 nitrogen and oxygen atoms in total. The first kappa shape index (κ1) is 19.1. The number of hydrogen-bond acceptors (Lipinski definition) is 5. The molecule has 0 spiro atoms. The van der Waals surface area contributed by atoms with Crippen molar-refractivity contribution in [1.82, 2.24) is 0 Å². The number of anilines is 2. The van der Waals surface area contributed by atoms with Gasteiger partial charge in [0.1, 0.15) is 0 Å². The molecule has 0 saturated carbocycles. The molecule has 2 rings (SSSR count). The lowest BCUT2D eigenvalue weighted by Gasteiger charge is -2.09. The Kier molecular flexibility index (Phi) is 6.64. The first-order valence-electron chi connectivity index (χ1n) is 6.96. The number of carbonyl (C=O) groups is 1. The predicted molar refractivity (Wildman–Crippen MR) is 102 cm³/mol. The van der Waals surface area contributed by atoms with Gasteiger partial charge in [-0.15, -0.1) is 0 Å². The average Bonchev–Trinajstić information content (AvgIpc) is 2.55. The van der Waals surface area contributed by atoms with E-state index >= 15 is 0 Å². The number of nitrogens with zero attached hydrogens (tertiary/aromatic N) is 2. The van der Waals surface area contributed by atoms with Crippen LogP contribution in [-0.4, -0.2) is 22.5 Å². The van der Waals surface area contributed by atoms with E-state index in [0.717, 1.165) is 0 Å². The van der Waals surface area contributed by atoms with Gasteiger partial charge in [-0.05, 0) is 31.2 Å². The third-order valence-electron chi connectivity index (χ3n) is 3.03. The number of amides is 1. The molecule has 0 fully saturated rings. The van der Waals surface area contributed by atoms with Crippen LogP contribution >= 0.6 is 34.8 Å². The SMILES string of the molecule is CC(=N\Nc1c(Cl)cc(Cl)cc1Cl)/C(=N/O)C(=O)Nc1ccccc1. The van der Waals surface area contributed by atoms with Crippen LogP contribution in [0.25, 0.3) is 0 Å². The van der Waals surface area contributed by atoms with E-state index in [0.29, 0.717) is 16.4 Å². The summed E-state index contributed by atoms with van der Waals surface area (Å²) in [6.45, 7) is 1.49. The molecular weight excluding hydrogens is 387 g/mol. The summed E-state index contributed by atoms with van der Waals surface area (Å²) in [6.07, 6.45) is 0. The van der Waals surface area contributed by atoms with Gasteiger partial charge >= 0.3 is 0 Å². The third-order valence-corrected chi connectivity index (χ3v) is 3.85. The van der Waals surface area contributed by atoms with E-state index < -0.39 is 5.91 Å². The molecule has 0 atom stereocenters. The number of hydrogen-bond donors (Lipinski definition) is 3. The number of para-hydroxylation sites is 1. The number of benzene rings is 2. The fraction of sp³-hybridized carbons (Fsp3) is 0.0625. The van der Waals surface area contributed by atoms with Crippen LogP contribution in [0, 0.1) is 0 Å².